The average Bonchev–Trinajstić information content (AvgIpc) is 3.14. The number of hydrogen-bond acceptors (Lipinski definition) is 3. The summed E-state index contributed by atoms with van der Waals surface area (Å²) in [6.07, 6.45) is 6.63. The highest BCUT2D eigenvalue weighted by Crippen LogP contribution is 2.17. The third-order valence-electron chi connectivity index (χ3n) is 4.00. The van der Waals surface area contributed by atoms with Gasteiger partial charge in [-0.05, 0) is 48.2 Å². The molecule has 0 spiro atoms. The van der Waals surface area contributed by atoms with Gasteiger partial charge in [0.15, 0.2) is 5.82 Å². The van der Waals surface area contributed by atoms with E-state index in [0.717, 1.165) is 25.3 Å². The Morgan fingerprint density at radius 3 is 2.74 bits per heavy atom. The second-order valence-corrected chi connectivity index (χ2v) is 5.75. The molecule has 0 aliphatic carbocycles. The molecular formula is C19H22N4. The second-order valence-electron chi connectivity index (χ2n) is 5.75. The molecule has 118 valence electrons. The second kappa shape index (κ2) is 7.70. The molecule has 23 heavy (non-hydrogen) atoms. The molecule has 1 N–H and O–H groups in total. The molecule has 3 rings (SSSR count). The Balaban J connectivity index is 1.48. The van der Waals surface area contributed by atoms with E-state index in [-0.39, 0.29) is 0 Å². The third-order valence-corrected chi connectivity index (χ3v) is 4.00. The predicted octanol–water partition coefficient (Wildman–Crippen LogP) is 3.55. The summed E-state index contributed by atoms with van der Waals surface area (Å²) in [5.74, 6) is 1.42. The lowest BCUT2D eigenvalue weighted by Crippen LogP contribution is -2.17. The molecular weight excluding hydrogens is 284 g/mol. The molecule has 0 saturated carbocycles. The van der Waals surface area contributed by atoms with Crippen LogP contribution in [0.4, 0.5) is 0 Å². The van der Waals surface area contributed by atoms with Gasteiger partial charge in [0, 0.05) is 25.1 Å². The van der Waals surface area contributed by atoms with Gasteiger partial charge in [-0.15, -0.1) is 0 Å². The first-order valence-corrected chi connectivity index (χ1v) is 8.03. The number of rotatable bonds is 7. The summed E-state index contributed by atoms with van der Waals surface area (Å²) in [7, 11) is 0. The summed E-state index contributed by atoms with van der Waals surface area (Å²) < 4.78 is 1.78. The zero-order valence-electron chi connectivity index (χ0n) is 13.4. The number of hydrogen-bond donors (Lipinski definition) is 1. The van der Waals surface area contributed by atoms with Gasteiger partial charge in [-0.2, -0.15) is 5.10 Å². The molecule has 2 aromatic heterocycles. The van der Waals surface area contributed by atoms with Gasteiger partial charge in [0.1, 0.15) is 0 Å². The van der Waals surface area contributed by atoms with Crippen LogP contribution in [0.5, 0.6) is 0 Å². The topological polar surface area (TPSA) is 42.7 Å². The van der Waals surface area contributed by atoms with Gasteiger partial charge >= 0.3 is 0 Å². The van der Waals surface area contributed by atoms with Crippen molar-refractivity contribution in [1.29, 1.82) is 0 Å². The minimum atomic E-state index is 0.570. The molecule has 0 aliphatic heterocycles. The zero-order valence-corrected chi connectivity index (χ0v) is 13.4. The number of benzene rings is 1. The highest BCUT2D eigenvalue weighted by atomic mass is 15.3. The van der Waals surface area contributed by atoms with Crippen molar-refractivity contribution < 1.29 is 0 Å². The number of nitrogens with one attached hydrogen (secondary N) is 1. The van der Waals surface area contributed by atoms with Gasteiger partial charge in [0.05, 0.1) is 0 Å². The van der Waals surface area contributed by atoms with Crippen molar-refractivity contribution in [2.45, 2.75) is 25.8 Å². The maximum absolute atomic E-state index is 4.35. The fraction of sp³-hybridized carbons (Fsp3) is 0.263. The molecule has 0 radical (unpaired) electrons. The SMILES string of the molecule is CC(CCNCc1ccnc(-n2cccn2)c1)c1ccccc1. The van der Waals surface area contributed by atoms with Crippen molar-refractivity contribution in [3.05, 3.63) is 78.2 Å². The van der Waals surface area contributed by atoms with Crippen LogP contribution >= 0.6 is 0 Å². The van der Waals surface area contributed by atoms with Crippen molar-refractivity contribution >= 4 is 0 Å². The Hall–Kier alpha value is -2.46. The van der Waals surface area contributed by atoms with Gasteiger partial charge in [0.25, 0.3) is 0 Å². The fourth-order valence-corrected chi connectivity index (χ4v) is 2.60. The standard InChI is InChI=1S/C19H22N4/c1-16(18-6-3-2-4-7-18)8-11-20-15-17-9-12-21-19(14-17)23-13-5-10-22-23/h2-7,9-10,12-14,16,20H,8,11,15H2,1H3. The number of nitrogens with zero attached hydrogens (tertiary/aromatic N) is 3. The van der Waals surface area contributed by atoms with Gasteiger partial charge in [-0.1, -0.05) is 37.3 Å². The summed E-state index contributed by atoms with van der Waals surface area (Å²) in [5, 5.41) is 7.73. The van der Waals surface area contributed by atoms with Crippen LogP contribution in [0.2, 0.25) is 0 Å². The van der Waals surface area contributed by atoms with E-state index < -0.39 is 0 Å². The van der Waals surface area contributed by atoms with Gasteiger partial charge in [-0.3, -0.25) is 0 Å². The smallest absolute Gasteiger partial charge is 0.153 e. The van der Waals surface area contributed by atoms with Crippen molar-refractivity contribution in [1.82, 2.24) is 20.1 Å². The fourth-order valence-electron chi connectivity index (χ4n) is 2.60. The van der Waals surface area contributed by atoms with Crippen molar-refractivity contribution in [3.8, 4) is 5.82 Å². The van der Waals surface area contributed by atoms with Gasteiger partial charge in [0.2, 0.25) is 0 Å². The minimum absolute atomic E-state index is 0.570. The van der Waals surface area contributed by atoms with Gasteiger partial charge in [-0.25, -0.2) is 9.67 Å². The van der Waals surface area contributed by atoms with E-state index in [1.807, 2.05) is 24.5 Å². The van der Waals surface area contributed by atoms with Crippen molar-refractivity contribution in [2.24, 2.45) is 0 Å². The summed E-state index contributed by atoms with van der Waals surface area (Å²) in [6.45, 7) is 4.12. The Labute approximate surface area is 137 Å². The van der Waals surface area contributed by atoms with Crippen molar-refractivity contribution in [2.75, 3.05) is 6.54 Å². The van der Waals surface area contributed by atoms with Crippen LogP contribution in [0, 0.1) is 0 Å². The average molecular weight is 306 g/mol. The minimum Gasteiger partial charge on any atom is -0.313 e. The summed E-state index contributed by atoms with van der Waals surface area (Å²) >= 11 is 0. The van der Waals surface area contributed by atoms with E-state index in [0.29, 0.717) is 5.92 Å². The van der Waals surface area contributed by atoms with Crippen LogP contribution in [-0.2, 0) is 6.54 Å². The normalized spacial score (nSPS) is 12.2. The molecule has 0 amide bonds. The molecule has 2 heterocycles. The molecule has 3 aromatic rings. The Kier molecular flexibility index (Phi) is 5.17. The molecule has 1 unspecified atom stereocenters. The van der Waals surface area contributed by atoms with Crippen LogP contribution in [0.1, 0.15) is 30.4 Å². The summed E-state index contributed by atoms with van der Waals surface area (Å²) in [4.78, 5) is 4.35. The maximum Gasteiger partial charge on any atom is 0.153 e. The molecule has 0 saturated heterocycles. The van der Waals surface area contributed by atoms with E-state index in [1.54, 1.807) is 10.9 Å². The number of pyridine rings is 1. The number of aromatic nitrogens is 3. The summed E-state index contributed by atoms with van der Waals surface area (Å²) in [5.41, 5.74) is 2.62. The maximum atomic E-state index is 4.35. The lowest BCUT2D eigenvalue weighted by molar-refractivity contribution is 0.594. The van der Waals surface area contributed by atoms with Crippen LogP contribution < -0.4 is 5.32 Å². The summed E-state index contributed by atoms with van der Waals surface area (Å²) in [6, 6.07) is 16.7. The molecule has 0 bridgehead atoms. The molecule has 0 fully saturated rings. The van der Waals surface area contributed by atoms with Crippen LogP contribution in [-0.4, -0.2) is 21.3 Å². The van der Waals surface area contributed by atoms with Crippen LogP contribution in [0.3, 0.4) is 0 Å². The highest BCUT2D eigenvalue weighted by Gasteiger charge is 2.04. The first-order valence-electron chi connectivity index (χ1n) is 8.03. The molecule has 1 atom stereocenters. The molecule has 0 aliphatic rings. The Morgan fingerprint density at radius 2 is 1.96 bits per heavy atom. The predicted molar refractivity (Wildman–Crippen MR) is 92.5 cm³/mol. The van der Waals surface area contributed by atoms with Gasteiger partial charge < -0.3 is 5.32 Å². The zero-order chi connectivity index (χ0) is 15.9. The van der Waals surface area contributed by atoms with E-state index in [2.05, 4.69) is 58.7 Å². The molecule has 4 heteroatoms. The van der Waals surface area contributed by atoms with E-state index in [1.165, 1.54) is 11.1 Å². The van der Waals surface area contributed by atoms with E-state index in [9.17, 15) is 0 Å². The Morgan fingerprint density at radius 1 is 1.09 bits per heavy atom. The first kappa shape index (κ1) is 15.4. The van der Waals surface area contributed by atoms with E-state index >= 15 is 0 Å². The quantitative estimate of drug-likeness (QED) is 0.679. The van der Waals surface area contributed by atoms with E-state index in [4.69, 9.17) is 0 Å². The van der Waals surface area contributed by atoms with Crippen LogP contribution in [0.15, 0.2) is 67.1 Å². The third kappa shape index (κ3) is 4.27. The molecule has 4 nitrogen and oxygen atoms in total. The first-order chi connectivity index (χ1) is 11.3. The molecule has 1 aromatic carbocycles. The monoisotopic (exact) mass is 306 g/mol. The lowest BCUT2D eigenvalue weighted by Gasteiger charge is -2.12. The Bertz CT molecular complexity index is 707. The highest BCUT2D eigenvalue weighted by molar-refractivity contribution is 5.26. The van der Waals surface area contributed by atoms with Crippen LogP contribution in [0.25, 0.3) is 5.82 Å². The lowest BCUT2D eigenvalue weighted by atomic mass is 9.98. The van der Waals surface area contributed by atoms with Crippen molar-refractivity contribution in [3.63, 3.8) is 0 Å². The largest absolute Gasteiger partial charge is 0.313 e.